The molecule has 5 nitrogen and oxygen atoms in total. The number of pyridine rings is 1. The molecule has 0 bridgehead atoms. The van der Waals surface area contributed by atoms with Crippen LogP contribution < -0.4 is 16.2 Å². The van der Waals surface area contributed by atoms with E-state index in [0.29, 0.717) is 21.7 Å². The number of nitrogen functional groups attached to an aromatic ring is 1. The Kier molecular flexibility index (Phi) is 4.61. The van der Waals surface area contributed by atoms with Crippen molar-refractivity contribution in [2.24, 2.45) is 5.84 Å². The lowest BCUT2D eigenvalue weighted by molar-refractivity contribution is 0.270. The lowest BCUT2D eigenvalue weighted by Gasteiger charge is -2.25. The normalized spacial score (nSPS) is 12.4. The topological polar surface area (TPSA) is 74.4 Å². The highest BCUT2D eigenvalue weighted by Crippen LogP contribution is 2.31. The number of rotatable bonds is 4. The second kappa shape index (κ2) is 5.54. The summed E-state index contributed by atoms with van der Waals surface area (Å²) in [5, 5.41) is 9.82. The molecule has 1 heterocycles. The number of aliphatic hydroxyl groups is 1. The van der Waals surface area contributed by atoms with Crippen LogP contribution in [-0.2, 0) is 0 Å². The SMILES string of the molecule is CC(CO)N(C)c1nc(NN)c(Cl)cc1Cl. The number of hydrogen-bond acceptors (Lipinski definition) is 5. The van der Waals surface area contributed by atoms with Crippen molar-refractivity contribution >= 4 is 34.8 Å². The summed E-state index contributed by atoms with van der Waals surface area (Å²) in [4.78, 5) is 5.92. The van der Waals surface area contributed by atoms with Gasteiger partial charge >= 0.3 is 0 Å². The summed E-state index contributed by atoms with van der Waals surface area (Å²) in [6.07, 6.45) is 0. The van der Waals surface area contributed by atoms with Crippen LogP contribution in [0.3, 0.4) is 0 Å². The third-order valence-corrected chi connectivity index (χ3v) is 2.87. The van der Waals surface area contributed by atoms with E-state index >= 15 is 0 Å². The first-order valence-corrected chi connectivity index (χ1v) is 5.43. The molecule has 0 radical (unpaired) electrons. The molecule has 4 N–H and O–H groups in total. The second-order valence-electron chi connectivity index (χ2n) is 3.41. The van der Waals surface area contributed by atoms with E-state index in [4.69, 9.17) is 34.2 Å². The smallest absolute Gasteiger partial charge is 0.161 e. The highest BCUT2D eigenvalue weighted by Gasteiger charge is 2.16. The van der Waals surface area contributed by atoms with Crippen LogP contribution in [0.2, 0.25) is 10.0 Å². The first-order valence-electron chi connectivity index (χ1n) is 4.67. The van der Waals surface area contributed by atoms with Gasteiger partial charge in [0.25, 0.3) is 0 Å². The van der Waals surface area contributed by atoms with E-state index in [1.54, 1.807) is 18.0 Å². The van der Waals surface area contributed by atoms with Gasteiger partial charge in [-0.15, -0.1) is 0 Å². The molecule has 7 heteroatoms. The van der Waals surface area contributed by atoms with Gasteiger partial charge in [-0.3, -0.25) is 0 Å². The van der Waals surface area contributed by atoms with Gasteiger partial charge < -0.3 is 15.4 Å². The molecule has 90 valence electrons. The predicted molar refractivity (Wildman–Crippen MR) is 67.0 cm³/mol. The van der Waals surface area contributed by atoms with E-state index in [1.165, 1.54) is 0 Å². The monoisotopic (exact) mass is 264 g/mol. The number of hydrazine groups is 1. The molecule has 0 amide bonds. The minimum absolute atomic E-state index is 0.00250. The van der Waals surface area contributed by atoms with Crippen molar-refractivity contribution < 1.29 is 5.11 Å². The number of hydrogen-bond donors (Lipinski definition) is 3. The van der Waals surface area contributed by atoms with E-state index in [0.717, 1.165) is 0 Å². The van der Waals surface area contributed by atoms with Crippen LogP contribution in [0.15, 0.2) is 6.07 Å². The van der Waals surface area contributed by atoms with Crippen LogP contribution in [-0.4, -0.2) is 29.8 Å². The average Bonchev–Trinajstić information content (AvgIpc) is 2.27. The van der Waals surface area contributed by atoms with Crippen LogP contribution >= 0.6 is 23.2 Å². The molecule has 0 aromatic carbocycles. The van der Waals surface area contributed by atoms with Gasteiger partial charge in [0.05, 0.1) is 22.7 Å². The summed E-state index contributed by atoms with van der Waals surface area (Å²) in [7, 11) is 1.78. The van der Waals surface area contributed by atoms with E-state index in [1.807, 2.05) is 6.92 Å². The molecule has 0 spiro atoms. The molecule has 1 unspecified atom stereocenters. The van der Waals surface area contributed by atoms with Crippen molar-refractivity contribution in [3.8, 4) is 0 Å². The first-order chi connectivity index (χ1) is 7.51. The standard InChI is InChI=1S/C9H14Cl2N4O/c1-5(4-16)15(2)9-7(11)3-6(10)8(13-9)14-12/h3,5,16H,4,12H2,1-2H3,(H,13,14). The van der Waals surface area contributed by atoms with Crippen LogP contribution in [0.5, 0.6) is 0 Å². The van der Waals surface area contributed by atoms with Gasteiger partial charge in [-0.05, 0) is 13.0 Å². The molecular weight excluding hydrogens is 251 g/mol. The molecule has 1 aromatic heterocycles. The quantitative estimate of drug-likeness (QED) is 0.568. The third-order valence-electron chi connectivity index (χ3n) is 2.31. The van der Waals surface area contributed by atoms with E-state index < -0.39 is 0 Å². The number of nitrogens with zero attached hydrogens (tertiary/aromatic N) is 2. The summed E-state index contributed by atoms with van der Waals surface area (Å²) < 4.78 is 0. The summed E-state index contributed by atoms with van der Waals surface area (Å²) in [5.41, 5.74) is 2.38. The number of aliphatic hydroxyl groups excluding tert-OH is 1. The minimum atomic E-state index is -0.100. The lowest BCUT2D eigenvalue weighted by Crippen LogP contribution is -2.33. The fourth-order valence-electron chi connectivity index (χ4n) is 1.14. The molecule has 1 aromatic rings. The van der Waals surface area contributed by atoms with E-state index in [2.05, 4.69) is 10.4 Å². The Morgan fingerprint density at radius 1 is 1.56 bits per heavy atom. The number of halogens is 2. The molecule has 0 fully saturated rings. The van der Waals surface area contributed by atoms with Gasteiger partial charge in [-0.1, -0.05) is 23.2 Å². The molecule has 0 saturated carbocycles. The zero-order valence-corrected chi connectivity index (χ0v) is 10.5. The lowest BCUT2D eigenvalue weighted by atomic mass is 10.3. The molecule has 0 aliphatic carbocycles. The Bertz CT molecular complexity index is 375. The second-order valence-corrected chi connectivity index (χ2v) is 4.23. The van der Waals surface area contributed by atoms with Crippen molar-refractivity contribution in [3.63, 3.8) is 0 Å². The summed E-state index contributed by atoms with van der Waals surface area (Å²) in [5.74, 6) is 6.13. The number of anilines is 2. The van der Waals surface area contributed by atoms with Gasteiger partial charge in [0, 0.05) is 7.05 Å². The maximum absolute atomic E-state index is 9.06. The summed E-state index contributed by atoms with van der Waals surface area (Å²) in [6, 6.07) is 1.46. The molecule has 16 heavy (non-hydrogen) atoms. The molecule has 1 rings (SSSR count). The van der Waals surface area contributed by atoms with Crippen molar-refractivity contribution in [1.29, 1.82) is 0 Å². The van der Waals surface area contributed by atoms with Crippen molar-refractivity contribution in [1.82, 2.24) is 4.98 Å². The van der Waals surface area contributed by atoms with Crippen LogP contribution in [0, 0.1) is 0 Å². The highest BCUT2D eigenvalue weighted by molar-refractivity contribution is 6.37. The first kappa shape index (κ1) is 13.3. The maximum atomic E-state index is 9.06. The molecule has 0 saturated heterocycles. The Hall–Kier alpha value is -0.750. The van der Waals surface area contributed by atoms with E-state index in [9.17, 15) is 0 Å². The zero-order chi connectivity index (χ0) is 12.3. The van der Waals surface area contributed by atoms with Gasteiger partial charge in [-0.25, -0.2) is 10.8 Å². The Balaban J connectivity index is 3.13. The Labute approximate surface area is 104 Å². The number of nitrogens with two attached hydrogens (primary N) is 1. The largest absolute Gasteiger partial charge is 0.394 e. The van der Waals surface area contributed by atoms with Gasteiger partial charge in [0.2, 0.25) is 0 Å². The van der Waals surface area contributed by atoms with Crippen LogP contribution in [0.1, 0.15) is 6.92 Å². The molecule has 0 aliphatic rings. The Morgan fingerprint density at radius 2 is 2.19 bits per heavy atom. The highest BCUT2D eigenvalue weighted by atomic mass is 35.5. The summed E-state index contributed by atoms with van der Waals surface area (Å²) in [6.45, 7) is 1.85. The molecular formula is C9H14Cl2N4O. The van der Waals surface area contributed by atoms with Gasteiger partial charge in [0.1, 0.15) is 5.82 Å². The summed E-state index contributed by atoms with van der Waals surface area (Å²) >= 11 is 11.9. The average molecular weight is 265 g/mol. The minimum Gasteiger partial charge on any atom is -0.394 e. The fraction of sp³-hybridized carbons (Fsp3) is 0.444. The molecule has 1 atom stereocenters. The third kappa shape index (κ3) is 2.68. The van der Waals surface area contributed by atoms with Gasteiger partial charge in [-0.2, -0.15) is 0 Å². The van der Waals surface area contributed by atoms with E-state index in [-0.39, 0.29) is 12.6 Å². The molecule has 0 aliphatic heterocycles. The van der Waals surface area contributed by atoms with Crippen molar-refractivity contribution in [2.75, 3.05) is 24.0 Å². The van der Waals surface area contributed by atoms with Crippen molar-refractivity contribution in [2.45, 2.75) is 13.0 Å². The van der Waals surface area contributed by atoms with Crippen molar-refractivity contribution in [3.05, 3.63) is 16.1 Å². The number of likely N-dealkylation sites (N-methyl/N-ethyl adjacent to an activating group) is 1. The number of nitrogens with one attached hydrogen (secondary N) is 1. The fourth-order valence-corrected chi connectivity index (χ4v) is 1.68. The zero-order valence-electron chi connectivity index (χ0n) is 9.04. The van der Waals surface area contributed by atoms with Gasteiger partial charge in [0.15, 0.2) is 5.82 Å². The number of aromatic nitrogens is 1. The van der Waals surface area contributed by atoms with Crippen LogP contribution in [0.25, 0.3) is 0 Å². The van der Waals surface area contributed by atoms with Crippen LogP contribution in [0.4, 0.5) is 11.6 Å². The predicted octanol–water partition coefficient (Wildman–Crippen LogP) is 1.49. The Morgan fingerprint density at radius 3 is 2.69 bits per heavy atom. The maximum Gasteiger partial charge on any atom is 0.161 e.